The van der Waals surface area contributed by atoms with Gasteiger partial charge in [0.15, 0.2) is 5.13 Å². The number of nitrogens with zero attached hydrogens (tertiary/aromatic N) is 3. The number of thiazole rings is 1. The minimum Gasteiger partial charge on any atom is -0.373 e. The number of amides is 1. The Labute approximate surface area is 185 Å². The van der Waals surface area contributed by atoms with Crippen molar-refractivity contribution in [1.82, 2.24) is 14.3 Å². The number of ether oxygens (including phenoxy) is 1. The predicted molar refractivity (Wildman–Crippen MR) is 119 cm³/mol. The maximum atomic E-state index is 13.1. The zero-order chi connectivity index (χ0) is 22.0. The summed E-state index contributed by atoms with van der Waals surface area (Å²) in [5.74, 6) is -0.428. The lowest BCUT2D eigenvalue weighted by atomic mass is 10.2. The molecule has 1 aliphatic heterocycles. The molecule has 0 radical (unpaired) electrons. The standard InChI is InChI=1S/C21H22N4O4S2/c1-14-11-25(12-15(2)29-14)31(27,28)17-7-5-6-16(10-17)20(26)24-21-23-19(13-30-21)18-8-3-4-9-22-18/h3-10,13-15H,11-12H2,1-2H3,(H,23,24,26). The molecular weight excluding hydrogens is 436 g/mol. The van der Waals surface area contributed by atoms with Crippen molar-refractivity contribution >= 4 is 32.4 Å². The van der Waals surface area contributed by atoms with E-state index < -0.39 is 15.9 Å². The number of carbonyl (C=O) groups is 1. The number of rotatable bonds is 5. The van der Waals surface area contributed by atoms with E-state index in [0.29, 0.717) is 16.5 Å². The minimum absolute atomic E-state index is 0.0785. The van der Waals surface area contributed by atoms with Gasteiger partial charge in [-0.2, -0.15) is 4.31 Å². The second-order valence-electron chi connectivity index (χ2n) is 7.31. The van der Waals surface area contributed by atoms with Crippen molar-refractivity contribution < 1.29 is 17.9 Å². The Bertz CT molecular complexity index is 1170. The van der Waals surface area contributed by atoms with Gasteiger partial charge >= 0.3 is 0 Å². The number of aromatic nitrogens is 2. The molecule has 3 heterocycles. The summed E-state index contributed by atoms with van der Waals surface area (Å²) in [4.78, 5) is 21.4. The highest BCUT2D eigenvalue weighted by atomic mass is 32.2. The van der Waals surface area contributed by atoms with E-state index in [0.717, 1.165) is 0 Å². The Morgan fingerprint density at radius 1 is 1.13 bits per heavy atom. The number of benzene rings is 1. The first-order valence-corrected chi connectivity index (χ1v) is 12.1. The smallest absolute Gasteiger partial charge is 0.257 e. The summed E-state index contributed by atoms with van der Waals surface area (Å²) in [5, 5.41) is 4.95. The van der Waals surface area contributed by atoms with Crippen LogP contribution in [0, 0.1) is 0 Å². The van der Waals surface area contributed by atoms with Crippen LogP contribution >= 0.6 is 11.3 Å². The highest BCUT2D eigenvalue weighted by molar-refractivity contribution is 7.89. The van der Waals surface area contributed by atoms with E-state index in [9.17, 15) is 13.2 Å². The maximum Gasteiger partial charge on any atom is 0.257 e. The molecule has 1 N–H and O–H groups in total. The fraction of sp³-hybridized carbons (Fsp3) is 0.286. The van der Waals surface area contributed by atoms with Gasteiger partial charge in [-0.15, -0.1) is 11.3 Å². The van der Waals surface area contributed by atoms with Crippen LogP contribution in [0.4, 0.5) is 5.13 Å². The number of nitrogens with one attached hydrogen (secondary N) is 1. The van der Waals surface area contributed by atoms with Crippen LogP contribution in [0.1, 0.15) is 24.2 Å². The van der Waals surface area contributed by atoms with Gasteiger partial charge in [-0.05, 0) is 44.2 Å². The normalized spacial score (nSPS) is 19.8. The number of carbonyl (C=O) groups excluding carboxylic acids is 1. The molecule has 3 aromatic rings. The van der Waals surface area contributed by atoms with Crippen LogP contribution in [0.5, 0.6) is 0 Å². The summed E-state index contributed by atoms with van der Waals surface area (Å²) in [7, 11) is -3.74. The van der Waals surface area contributed by atoms with E-state index in [1.54, 1.807) is 23.7 Å². The number of hydrogen-bond donors (Lipinski definition) is 1. The third-order valence-electron chi connectivity index (χ3n) is 4.77. The molecule has 2 aromatic heterocycles. The van der Waals surface area contributed by atoms with Crippen LogP contribution in [0.3, 0.4) is 0 Å². The zero-order valence-corrected chi connectivity index (χ0v) is 18.7. The molecule has 0 bridgehead atoms. The number of hydrogen-bond acceptors (Lipinski definition) is 7. The van der Waals surface area contributed by atoms with Crippen LogP contribution in [-0.2, 0) is 14.8 Å². The highest BCUT2D eigenvalue weighted by Crippen LogP contribution is 2.25. The molecule has 8 nitrogen and oxygen atoms in total. The van der Waals surface area contributed by atoms with Crippen molar-refractivity contribution in [2.24, 2.45) is 0 Å². The first-order chi connectivity index (χ1) is 14.8. The molecule has 1 amide bonds. The molecule has 1 saturated heterocycles. The van der Waals surface area contributed by atoms with Gasteiger partial charge in [-0.25, -0.2) is 13.4 Å². The molecule has 1 aromatic carbocycles. The van der Waals surface area contributed by atoms with Gasteiger partial charge in [0.05, 0.1) is 22.8 Å². The highest BCUT2D eigenvalue weighted by Gasteiger charge is 2.32. The third-order valence-corrected chi connectivity index (χ3v) is 7.36. The maximum absolute atomic E-state index is 13.1. The first-order valence-electron chi connectivity index (χ1n) is 9.77. The molecule has 162 valence electrons. The molecule has 1 fully saturated rings. The van der Waals surface area contributed by atoms with Gasteiger partial charge in [0, 0.05) is 30.2 Å². The van der Waals surface area contributed by atoms with Crippen LogP contribution in [0.15, 0.2) is 58.9 Å². The Morgan fingerprint density at radius 2 is 1.90 bits per heavy atom. The topological polar surface area (TPSA) is 101 Å². The van der Waals surface area contributed by atoms with Gasteiger partial charge in [0.2, 0.25) is 10.0 Å². The number of morpholine rings is 1. The first kappa shape index (κ1) is 21.6. The monoisotopic (exact) mass is 458 g/mol. The van der Waals surface area contributed by atoms with Crippen LogP contribution in [-0.4, -0.2) is 53.9 Å². The fourth-order valence-corrected chi connectivity index (χ4v) is 5.74. The van der Waals surface area contributed by atoms with Gasteiger partial charge in [0.1, 0.15) is 5.69 Å². The Balaban J connectivity index is 1.52. The largest absolute Gasteiger partial charge is 0.373 e. The summed E-state index contributed by atoms with van der Waals surface area (Å²) in [5.41, 5.74) is 1.61. The van der Waals surface area contributed by atoms with Crippen molar-refractivity contribution in [2.75, 3.05) is 18.4 Å². The van der Waals surface area contributed by atoms with Crippen molar-refractivity contribution in [3.05, 3.63) is 59.6 Å². The van der Waals surface area contributed by atoms with Gasteiger partial charge in [-0.3, -0.25) is 15.1 Å². The lowest BCUT2D eigenvalue weighted by molar-refractivity contribution is -0.0440. The lowest BCUT2D eigenvalue weighted by Crippen LogP contribution is -2.48. The zero-order valence-electron chi connectivity index (χ0n) is 17.1. The quantitative estimate of drug-likeness (QED) is 0.630. The molecule has 0 aliphatic carbocycles. The second kappa shape index (κ2) is 8.83. The summed E-state index contributed by atoms with van der Waals surface area (Å²) >= 11 is 1.28. The molecule has 4 rings (SSSR count). The summed E-state index contributed by atoms with van der Waals surface area (Å²) in [6.07, 6.45) is 1.29. The van der Waals surface area contributed by atoms with Gasteiger partial charge < -0.3 is 4.74 Å². The SMILES string of the molecule is CC1CN(S(=O)(=O)c2cccc(C(=O)Nc3nc(-c4ccccn4)cs3)c2)CC(C)O1. The average molecular weight is 459 g/mol. The third kappa shape index (κ3) is 4.82. The van der Waals surface area contributed by atoms with Crippen LogP contribution in [0.2, 0.25) is 0 Å². The Morgan fingerprint density at radius 3 is 2.61 bits per heavy atom. The van der Waals surface area contributed by atoms with E-state index in [-0.39, 0.29) is 35.8 Å². The van der Waals surface area contributed by atoms with E-state index in [1.807, 2.05) is 32.0 Å². The predicted octanol–water partition coefficient (Wildman–Crippen LogP) is 3.26. The van der Waals surface area contributed by atoms with Crippen LogP contribution in [0.25, 0.3) is 11.4 Å². The summed E-state index contributed by atoms with van der Waals surface area (Å²) in [6.45, 7) is 4.24. The van der Waals surface area contributed by atoms with Crippen molar-refractivity contribution in [3.8, 4) is 11.4 Å². The van der Waals surface area contributed by atoms with Gasteiger partial charge in [0.25, 0.3) is 5.91 Å². The van der Waals surface area contributed by atoms with E-state index in [1.165, 1.54) is 27.8 Å². The van der Waals surface area contributed by atoms with Crippen molar-refractivity contribution in [2.45, 2.75) is 31.0 Å². The molecule has 2 unspecified atom stereocenters. The molecule has 1 aliphatic rings. The molecule has 10 heteroatoms. The summed E-state index contributed by atoms with van der Waals surface area (Å²) in [6, 6.07) is 11.5. The number of pyridine rings is 1. The lowest BCUT2D eigenvalue weighted by Gasteiger charge is -2.34. The summed E-state index contributed by atoms with van der Waals surface area (Å²) < 4.78 is 33.2. The van der Waals surface area contributed by atoms with Gasteiger partial charge in [-0.1, -0.05) is 12.1 Å². The molecular formula is C21H22N4O4S2. The number of sulfonamides is 1. The average Bonchev–Trinajstić information content (AvgIpc) is 3.22. The molecule has 2 atom stereocenters. The Kier molecular flexibility index (Phi) is 6.15. The van der Waals surface area contributed by atoms with Crippen molar-refractivity contribution in [3.63, 3.8) is 0 Å². The van der Waals surface area contributed by atoms with E-state index in [2.05, 4.69) is 15.3 Å². The molecule has 0 saturated carbocycles. The van der Waals surface area contributed by atoms with E-state index in [4.69, 9.17) is 4.74 Å². The van der Waals surface area contributed by atoms with E-state index >= 15 is 0 Å². The van der Waals surface area contributed by atoms with Crippen molar-refractivity contribution in [1.29, 1.82) is 0 Å². The Hall–Kier alpha value is -2.66. The second-order valence-corrected chi connectivity index (χ2v) is 10.1. The molecule has 31 heavy (non-hydrogen) atoms. The van der Waals surface area contributed by atoms with Crippen LogP contribution < -0.4 is 5.32 Å². The minimum atomic E-state index is -3.74. The fourth-order valence-electron chi connectivity index (χ4n) is 3.41. The molecule has 0 spiro atoms. The number of anilines is 1.